The molecule has 3 atom stereocenters. The Morgan fingerprint density at radius 3 is 2.60 bits per heavy atom. The van der Waals surface area contributed by atoms with Crippen molar-refractivity contribution in [2.24, 2.45) is 11.1 Å². The van der Waals surface area contributed by atoms with E-state index in [1.807, 2.05) is 13.0 Å². The highest BCUT2D eigenvalue weighted by atomic mass is 16.3. The molecule has 7 heteroatoms. The van der Waals surface area contributed by atoms with Crippen molar-refractivity contribution in [3.05, 3.63) is 23.4 Å². The molecule has 0 aromatic carbocycles. The number of amides is 1. The number of pyridine rings is 1. The zero-order valence-corrected chi connectivity index (χ0v) is 19.1. The predicted molar refractivity (Wildman–Crippen MR) is 122 cm³/mol. The molecule has 1 aromatic heterocycles. The van der Waals surface area contributed by atoms with Crippen molar-refractivity contribution in [3.8, 4) is 0 Å². The van der Waals surface area contributed by atoms with Crippen molar-refractivity contribution in [1.29, 1.82) is 0 Å². The fraction of sp³-hybridized carbons (Fsp3) is 0.739. The van der Waals surface area contributed by atoms with E-state index in [2.05, 4.69) is 34.8 Å². The van der Waals surface area contributed by atoms with Crippen molar-refractivity contribution >= 4 is 11.7 Å². The number of hydrogen-bond acceptors (Lipinski definition) is 6. The van der Waals surface area contributed by atoms with Crippen LogP contribution in [0, 0.1) is 12.3 Å². The highest BCUT2D eigenvalue weighted by molar-refractivity contribution is 5.99. The fourth-order valence-corrected chi connectivity index (χ4v) is 4.48. The summed E-state index contributed by atoms with van der Waals surface area (Å²) in [4.78, 5) is 17.1. The Morgan fingerprint density at radius 1 is 1.33 bits per heavy atom. The first-order valence-corrected chi connectivity index (χ1v) is 11.5. The lowest BCUT2D eigenvalue weighted by Crippen LogP contribution is -2.54. The van der Waals surface area contributed by atoms with Crippen LogP contribution >= 0.6 is 0 Å². The molecule has 170 valence electrons. The number of aromatic nitrogens is 1. The summed E-state index contributed by atoms with van der Waals surface area (Å²) in [5.74, 6) is 0.278. The minimum absolute atomic E-state index is 0.0714. The van der Waals surface area contributed by atoms with E-state index in [9.17, 15) is 9.90 Å². The second-order valence-electron chi connectivity index (χ2n) is 8.86. The lowest BCUT2D eigenvalue weighted by molar-refractivity contribution is 0.0767. The van der Waals surface area contributed by atoms with Crippen molar-refractivity contribution in [3.63, 3.8) is 0 Å². The molecule has 0 saturated heterocycles. The lowest BCUT2D eigenvalue weighted by atomic mass is 9.76. The number of carbonyl (C=O) groups is 1. The first-order valence-electron chi connectivity index (χ1n) is 11.5. The van der Waals surface area contributed by atoms with Crippen molar-refractivity contribution in [2.45, 2.75) is 90.9 Å². The number of hydrogen-bond donors (Lipinski definition) is 5. The van der Waals surface area contributed by atoms with Crippen LogP contribution in [-0.2, 0) is 0 Å². The molecule has 30 heavy (non-hydrogen) atoms. The molecule has 1 aliphatic carbocycles. The van der Waals surface area contributed by atoms with Crippen LogP contribution in [-0.4, -0.2) is 47.4 Å². The summed E-state index contributed by atoms with van der Waals surface area (Å²) in [6, 6.07) is 2.53. The Bertz CT molecular complexity index is 670. The molecule has 0 radical (unpaired) electrons. The van der Waals surface area contributed by atoms with Gasteiger partial charge in [0.05, 0.1) is 18.3 Å². The van der Waals surface area contributed by atoms with Gasteiger partial charge in [0.1, 0.15) is 5.82 Å². The van der Waals surface area contributed by atoms with Crippen molar-refractivity contribution in [2.75, 3.05) is 18.5 Å². The van der Waals surface area contributed by atoms with E-state index in [1.165, 1.54) is 32.1 Å². The highest BCUT2D eigenvalue weighted by Crippen LogP contribution is 2.31. The van der Waals surface area contributed by atoms with E-state index in [4.69, 9.17) is 5.73 Å². The summed E-state index contributed by atoms with van der Waals surface area (Å²) in [5, 5.41) is 20.4. The number of aliphatic hydroxyl groups is 1. The minimum Gasteiger partial charge on any atom is -0.396 e. The number of nitrogens with two attached hydrogens (primary N) is 1. The zero-order chi connectivity index (χ0) is 22.1. The Labute approximate surface area is 181 Å². The van der Waals surface area contributed by atoms with Crippen LogP contribution < -0.4 is 21.7 Å². The van der Waals surface area contributed by atoms with Gasteiger partial charge in [0, 0.05) is 30.2 Å². The zero-order valence-electron chi connectivity index (χ0n) is 19.1. The maximum Gasteiger partial charge on any atom is 0.256 e. The van der Waals surface area contributed by atoms with Gasteiger partial charge in [-0.05, 0) is 51.2 Å². The molecule has 6 N–H and O–H groups in total. The van der Waals surface area contributed by atoms with Crippen LogP contribution in [0.15, 0.2) is 12.3 Å². The number of aliphatic hydroxyl groups excluding tert-OH is 1. The molecule has 2 rings (SSSR count). The molecule has 0 aliphatic heterocycles. The van der Waals surface area contributed by atoms with E-state index in [-0.39, 0.29) is 24.0 Å². The molecule has 7 nitrogen and oxygen atoms in total. The molecule has 3 unspecified atom stereocenters. The second kappa shape index (κ2) is 11.6. The largest absolute Gasteiger partial charge is 0.396 e. The summed E-state index contributed by atoms with van der Waals surface area (Å²) >= 11 is 0. The van der Waals surface area contributed by atoms with E-state index in [1.54, 1.807) is 13.1 Å². The van der Waals surface area contributed by atoms with Gasteiger partial charge in [0.2, 0.25) is 0 Å². The first kappa shape index (κ1) is 24.6. The molecule has 1 aliphatic rings. The quantitative estimate of drug-likeness (QED) is 0.353. The number of aryl methyl sites for hydroxylation is 1. The second-order valence-corrected chi connectivity index (χ2v) is 8.86. The van der Waals surface area contributed by atoms with Gasteiger partial charge in [-0.2, -0.15) is 0 Å². The van der Waals surface area contributed by atoms with Crippen molar-refractivity contribution in [1.82, 2.24) is 15.6 Å². The number of anilines is 1. The fourth-order valence-electron chi connectivity index (χ4n) is 4.48. The molecule has 0 spiro atoms. The topological polar surface area (TPSA) is 112 Å². The molecular formula is C23H41N5O2. The Kier molecular flexibility index (Phi) is 9.52. The summed E-state index contributed by atoms with van der Waals surface area (Å²) in [5.41, 5.74) is 6.78. The summed E-state index contributed by atoms with van der Waals surface area (Å²) in [6.45, 7) is 8.53. The highest BCUT2D eigenvalue weighted by Gasteiger charge is 2.37. The van der Waals surface area contributed by atoms with E-state index < -0.39 is 6.17 Å². The van der Waals surface area contributed by atoms with Gasteiger partial charge >= 0.3 is 0 Å². The van der Waals surface area contributed by atoms with E-state index in [0.717, 1.165) is 18.4 Å². The molecule has 1 fully saturated rings. The minimum atomic E-state index is -0.442. The summed E-state index contributed by atoms with van der Waals surface area (Å²) < 4.78 is 0. The lowest BCUT2D eigenvalue weighted by Gasteiger charge is -2.42. The van der Waals surface area contributed by atoms with Gasteiger partial charge in [0.25, 0.3) is 5.91 Å². The standard InChI is InChI=1S/C23H41N5O2/c1-5-20(28-18-10-8-7-9-11-18)23(6-2,15-29)14-26-21-19(12-16(3)13-25-21)22(30)27-17(4)24/h12-13,17-18,20,28-29H,5-11,14-15,24H2,1-4H3,(H,25,26)(H,27,30). The van der Waals surface area contributed by atoms with Crippen LogP contribution in [0.4, 0.5) is 5.82 Å². The van der Waals surface area contributed by atoms with Gasteiger partial charge in [-0.1, -0.05) is 33.1 Å². The average molecular weight is 420 g/mol. The maximum atomic E-state index is 12.6. The van der Waals surface area contributed by atoms with E-state index >= 15 is 0 Å². The van der Waals surface area contributed by atoms with Crippen LogP contribution in [0.5, 0.6) is 0 Å². The van der Waals surface area contributed by atoms with Gasteiger partial charge in [0.15, 0.2) is 0 Å². The predicted octanol–water partition coefficient (Wildman–Crippen LogP) is 2.93. The maximum absolute atomic E-state index is 12.6. The van der Waals surface area contributed by atoms with E-state index in [0.29, 0.717) is 24.0 Å². The number of rotatable bonds is 11. The molecule has 0 bridgehead atoms. The molecule has 1 amide bonds. The number of nitrogens with one attached hydrogen (secondary N) is 3. The van der Waals surface area contributed by atoms with Crippen LogP contribution in [0.25, 0.3) is 0 Å². The van der Waals surface area contributed by atoms with Crippen molar-refractivity contribution < 1.29 is 9.90 Å². The molecule has 1 aromatic rings. The first-order chi connectivity index (χ1) is 14.3. The average Bonchev–Trinajstić information content (AvgIpc) is 2.74. The monoisotopic (exact) mass is 419 g/mol. The van der Waals surface area contributed by atoms with Gasteiger partial charge in [-0.25, -0.2) is 4.98 Å². The van der Waals surface area contributed by atoms with Gasteiger partial charge in [-0.15, -0.1) is 0 Å². The van der Waals surface area contributed by atoms with Crippen LogP contribution in [0.1, 0.15) is 81.6 Å². The third-order valence-corrected chi connectivity index (χ3v) is 6.44. The molecule has 1 heterocycles. The summed E-state index contributed by atoms with van der Waals surface area (Å²) in [6.07, 6.45) is 9.34. The Hall–Kier alpha value is -1.70. The third-order valence-electron chi connectivity index (χ3n) is 6.44. The normalized spacial score (nSPS) is 19.0. The third kappa shape index (κ3) is 6.40. The van der Waals surface area contributed by atoms with Crippen LogP contribution in [0.3, 0.4) is 0 Å². The van der Waals surface area contributed by atoms with Crippen LogP contribution in [0.2, 0.25) is 0 Å². The summed E-state index contributed by atoms with van der Waals surface area (Å²) in [7, 11) is 0. The number of carbonyl (C=O) groups excluding carboxylic acids is 1. The van der Waals surface area contributed by atoms with Gasteiger partial charge in [-0.3, -0.25) is 4.79 Å². The Balaban J connectivity index is 2.19. The molecule has 1 saturated carbocycles. The SMILES string of the molecule is CCC(NC1CCCCC1)C(CC)(CO)CNc1ncc(C)cc1C(=O)NC(C)N. The Morgan fingerprint density at radius 2 is 2.03 bits per heavy atom. The molecular weight excluding hydrogens is 378 g/mol. The smallest absolute Gasteiger partial charge is 0.256 e. The number of nitrogens with zero attached hydrogens (tertiary/aromatic N) is 1. The van der Waals surface area contributed by atoms with Gasteiger partial charge < -0.3 is 26.8 Å².